The van der Waals surface area contributed by atoms with Crippen LogP contribution in [0.1, 0.15) is 37.9 Å². The minimum Gasteiger partial charge on any atom is -0.381 e. The molecule has 4 rings (SSSR count). The van der Waals surface area contributed by atoms with Crippen LogP contribution in [0.5, 0.6) is 0 Å². The van der Waals surface area contributed by atoms with Gasteiger partial charge in [0.05, 0.1) is 16.8 Å². The molecule has 2 aromatic carbocycles. The van der Waals surface area contributed by atoms with Crippen molar-refractivity contribution in [2.75, 3.05) is 51.2 Å². The number of aliphatic imine (C=N–C) groups is 1. The molecule has 2 aliphatic rings. The number of aryl methyl sites for hydroxylation is 1. The van der Waals surface area contributed by atoms with E-state index in [2.05, 4.69) is 64.9 Å². The standard InChI is InChI=1S/C17H20ClF2N3.C12H18N2/c1-5-10(2)22-17-11(3)21-8-9-23(17)12(4)15-13(19)6-7-14(20)16(15)18;1-11-4-3-5-12(10-11)14-8-6-13(2)7-9-14/h5-7,12,21H,3,8-9H2,1-2,4H3;3-5,10H,6-9H2,1-2H3/b10-5-,22-17?;. The molecule has 1 N–H and O–H groups in total. The van der Waals surface area contributed by atoms with Crippen molar-refractivity contribution in [3.05, 3.63) is 88.2 Å². The third kappa shape index (κ3) is 7.33. The Hall–Kier alpha value is -2.90. The first-order valence-corrected chi connectivity index (χ1v) is 13.0. The maximum atomic E-state index is 14.2. The van der Waals surface area contributed by atoms with Gasteiger partial charge >= 0.3 is 0 Å². The molecule has 5 nitrogen and oxygen atoms in total. The van der Waals surface area contributed by atoms with Gasteiger partial charge < -0.3 is 20.0 Å². The summed E-state index contributed by atoms with van der Waals surface area (Å²) >= 11 is 6.00. The number of hydrogen-bond donors (Lipinski definition) is 1. The Morgan fingerprint density at radius 2 is 1.78 bits per heavy atom. The maximum Gasteiger partial charge on any atom is 0.152 e. The van der Waals surface area contributed by atoms with Crippen molar-refractivity contribution in [1.29, 1.82) is 0 Å². The molecule has 1 atom stereocenters. The molecule has 0 aromatic heterocycles. The Balaban J connectivity index is 0.000000231. The van der Waals surface area contributed by atoms with Crippen molar-refractivity contribution in [1.82, 2.24) is 15.1 Å². The first kappa shape index (κ1) is 28.7. The van der Waals surface area contributed by atoms with Gasteiger partial charge in [-0.25, -0.2) is 13.8 Å². The second-order valence-electron chi connectivity index (χ2n) is 9.53. The van der Waals surface area contributed by atoms with Crippen LogP contribution in [0.4, 0.5) is 14.5 Å². The summed E-state index contributed by atoms with van der Waals surface area (Å²) in [4.78, 5) is 11.3. The van der Waals surface area contributed by atoms with Crippen LogP contribution in [0.15, 0.2) is 65.4 Å². The molecular formula is C29H38ClF2N5. The van der Waals surface area contributed by atoms with Crippen LogP contribution in [-0.4, -0.2) is 62.0 Å². The summed E-state index contributed by atoms with van der Waals surface area (Å²) in [5, 5.41) is 2.95. The predicted octanol–water partition coefficient (Wildman–Crippen LogP) is 6.17. The lowest BCUT2D eigenvalue weighted by Gasteiger charge is -2.37. The molecule has 2 saturated heterocycles. The highest BCUT2D eigenvalue weighted by atomic mass is 35.5. The van der Waals surface area contributed by atoms with E-state index in [0.717, 1.165) is 30.9 Å². The predicted molar refractivity (Wildman–Crippen MR) is 151 cm³/mol. The topological polar surface area (TPSA) is 34.1 Å². The number of likely N-dealkylation sites (N-methyl/N-ethyl adjacent to an activating group) is 1. The van der Waals surface area contributed by atoms with Gasteiger partial charge in [-0.1, -0.05) is 36.4 Å². The molecule has 2 fully saturated rings. The van der Waals surface area contributed by atoms with Crippen molar-refractivity contribution in [3.63, 3.8) is 0 Å². The van der Waals surface area contributed by atoms with E-state index in [1.165, 1.54) is 24.3 Å². The van der Waals surface area contributed by atoms with E-state index in [4.69, 9.17) is 11.6 Å². The van der Waals surface area contributed by atoms with Gasteiger partial charge in [-0.3, -0.25) is 0 Å². The molecule has 0 amide bonds. The number of anilines is 1. The number of allylic oxidation sites excluding steroid dienone is 2. The SMILES string of the molecule is C=C1NCCN(C(C)c2c(F)ccc(F)c2Cl)C1=N/C(C)=C\C.Cc1cccc(N2CCN(C)CC2)c1. The zero-order valence-electron chi connectivity index (χ0n) is 22.5. The average molecular weight is 530 g/mol. The number of rotatable bonds is 4. The molecule has 0 bridgehead atoms. The zero-order chi connectivity index (χ0) is 27.1. The summed E-state index contributed by atoms with van der Waals surface area (Å²) in [6.45, 7) is 17.5. The van der Waals surface area contributed by atoms with E-state index in [1.54, 1.807) is 6.92 Å². The fraction of sp³-hybridized carbons (Fsp3) is 0.414. The maximum absolute atomic E-state index is 14.2. The second kappa shape index (κ2) is 13.1. The molecule has 37 heavy (non-hydrogen) atoms. The molecule has 0 spiro atoms. The molecule has 2 aliphatic heterocycles. The Kier molecular flexibility index (Phi) is 10.1. The van der Waals surface area contributed by atoms with Crippen LogP contribution in [0.2, 0.25) is 5.02 Å². The summed E-state index contributed by atoms with van der Waals surface area (Å²) in [6, 6.07) is 10.4. The molecule has 1 unspecified atom stereocenters. The molecular weight excluding hydrogens is 492 g/mol. The molecule has 2 aromatic rings. The van der Waals surface area contributed by atoms with Crippen molar-refractivity contribution >= 4 is 23.1 Å². The van der Waals surface area contributed by atoms with E-state index >= 15 is 0 Å². The molecule has 8 heteroatoms. The van der Waals surface area contributed by atoms with Gasteiger partial charge in [-0.15, -0.1) is 0 Å². The Bertz CT molecular complexity index is 1150. The monoisotopic (exact) mass is 529 g/mol. The molecule has 2 heterocycles. The van der Waals surface area contributed by atoms with Crippen LogP contribution < -0.4 is 10.2 Å². The lowest BCUT2D eigenvalue weighted by atomic mass is 10.0. The summed E-state index contributed by atoms with van der Waals surface area (Å²) in [6.07, 6.45) is 1.87. The van der Waals surface area contributed by atoms with E-state index in [0.29, 0.717) is 24.6 Å². The summed E-state index contributed by atoms with van der Waals surface area (Å²) < 4.78 is 28.0. The van der Waals surface area contributed by atoms with Crippen molar-refractivity contribution in [2.45, 2.75) is 33.7 Å². The molecule has 200 valence electrons. The van der Waals surface area contributed by atoms with Crippen LogP contribution in [0.3, 0.4) is 0 Å². The van der Waals surface area contributed by atoms with Crippen LogP contribution in [0, 0.1) is 18.6 Å². The number of amidine groups is 1. The highest BCUT2D eigenvalue weighted by Crippen LogP contribution is 2.33. The minimum absolute atomic E-state index is 0.132. The van der Waals surface area contributed by atoms with E-state index in [1.807, 2.05) is 24.8 Å². The van der Waals surface area contributed by atoms with Crippen LogP contribution >= 0.6 is 11.6 Å². The number of hydrogen-bond acceptors (Lipinski definition) is 4. The lowest BCUT2D eigenvalue weighted by Crippen LogP contribution is -2.47. The fourth-order valence-electron chi connectivity index (χ4n) is 4.40. The third-order valence-corrected chi connectivity index (χ3v) is 7.15. The zero-order valence-corrected chi connectivity index (χ0v) is 23.2. The Labute approximate surface area is 225 Å². The highest BCUT2D eigenvalue weighted by molar-refractivity contribution is 6.31. The third-order valence-electron chi connectivity index (χ3n) is 6.77. The number of nitrogens with zero attached hydrogens (tertiary/aromatic N) is 4. The number of halogens is 3. The van der Waals surface area contributed by atoms with Gasteiger partial charge in [-0.05, 0) is 64.6 Å². The fourth-order valence-corrected chi connectivity index (χ4v) is 4.71. The van der Waals surface area contributed by atoms with Crippen LogP contribution in [0.25, 0.3) is 0 Å². The minimum atomic E-state index is -0.632. The first-order chi connectivity index (χ1) is 17.6. The highest BCUT2D eigenvalue weighted by Gasteiger charge is 2.29. The van der Waals surface area contributed by atoms with Gasteiger partial charge in [0.1, 0.15) is 11.6 Å². The number of nitrogens with one attached hydrogen (secondary N) is 1. The number of piperazine rings is 2. The van der Waals surface area contributed by atoms with Crippen LogP contribution in [-0.2, 0) is 0 Å². The van der Waals surface area contributed by atoms with Crippen molar-refractivity contribution in [2.24, 2.45) is 4.99 Å². The first-order valence-electron chi connectivity index (χ1n) is 12.7. The van der Waals surface area contributed by atoms with Gasteiger partial charge in [0, 0.05) is 56.2 Å². The van der Waals surface area contributed by atoms with Gasteiger partial charge in [0.15, 0.2) is 5.84 Å². The summed E-state index contributed by atoms with van der Waals surface area (Å²) in [5.74, 6) is -0.554. The van der Waals surface area contributed by atoms with Crippen molar-refractivity contribution in [3.8, 4) is 0 Å². The van der Waals surface area contributed by atoms with Gasteiger partial charge in [0.2, 0.25) is 0 Å². The lowest BCUT2D eigenvalue weighted by molar-refractivity contribution is 0.313. The van der Waals surface area contributed by atoms with Crippen molar-refractivity contribution < 1.29 is 8.78 Å². The summed E-state index contributed by atoms with van der Waals surface area (Å²) in [7, 11) is 2.19. The second-order valence-corrected chi connectivity index (χ2v) is 9.90. The van der Waals surface area contributed by atoms with E-state index < -0.39 is 17.7 Å². The molecule has 0 saturated carbocycles. The molecule has 0 aliphatic carbocycles. The Morgan fingerprint density at radius 3 is 2.43 bits per heavy atom. The quantitative estimate of drug-likeness (QED) is 0.480. The van der Waals surface area contributed by atoms with E-state index in [9.17, 15) is 8.78 Å². The number of benzene rings is 2. The largest absolute Gasteiger partial charge is 0.381 e. The van der Waals surface area contributed by atoms with Gasteiger partial charge in [-0.2, -0.15) is 0 Å². The average Bonchev–Trinajstić information content (AvgIpc) is 2.88. The molecule has 0 radical (unpaired) electrons. The van der Waals surface area contributed by atoms with Gasteiger partial charge in [0.25, 0.3) is 0 Å². The normalized spacial score (nSPS) is 18.9. The van der Waals surface area contributed by atoms with E-state index in [-0.39, 0.29) is 10.6 Å². The summed E-state index contributed by atoms with van der Waals surface area (Å²) in [5.41, 5.74) is 4.32. The Morgan fingerprint density at radius 1 is 1.11 bits per heavy atom. The smallest absolute Gasteiger partial charge is 0.152 e.